The van der Waals surface area contributed by atoms with Gasteiger partial charge in [-0.3, -0.25) is 4.98 Å². The topological polar surface area (TPSA) is 28.2 Å². The quantitative estimate of drug-likeness (QED) is 0.878. The van der Waals surface area contributed by atoms with Crippen molar-refractivity contribution in [1.29, 1.82) is 0 Å². The summed E-state index contributed by atoms with van der Waals surface area (Å²) in [5.41, 5.74) is 2.37. The Morgan fingerprint density at radius 1 is 1.37 bits per heavy atom. The molecule has 2 atom stereocenters. The largest absolute Gasteiger partial charge is 0.309 e. The van der Waals surface area contributed by atoms with Crippen molar-refractivity contribution in [2.24, 2.45) is 0 Å². The van der Waals surface area contributed by atoms with Crippen molar-refractivity contribution in [3.05, 3.63) is 29.3 Å². The zero-order valence-electron chi connectivity index (χ0n) is 12.2. The lowest BCUT2D eigenvalue weighted by Crippen LogP contribution is -2.31. The fourth-order valence-corrected chi connectivity index (χ4v) is 2.95. The van der Waals surface area contributed by atoms with E-state index in [4.69, 9.17) is 0 Å². The van der Waals surface area contributed by atoms with Gasteiger partial charge < -0.3 is 10.2 Å². The molecule has 0 aliphatic carbocycles. The summed E-state index contributed by atoms with van der Waals surface area (Å²) in [6.07, 6.45) is 3.15. The van der Waals surface area contributed by atoms with E-state index in [0.29, 0.717) is 12.1 Å². The number of hydrogen-bond donors (Lipinski definition) is 1. The Kier molecular flexibility index (Phi) is 4.91. The highest BCUT2D eigenvalue weighted by Gasteiger charge is 2.11. The van der Waals surface area contributed by atoms with Crippen molar-refractivity contribution in [1.82, 2.24) is 15.2 Å². The first-order valence-electron chi connectivity index (χ1n) is 6.80. The summed E-state index contributed by atoms with van der Waals surface area (Å²) in [5, 5.41) is 5.74. The fraction of sp³-hybridized carbons (Fsp3) is 0.533. The van der Waals surface area contributed by atoms with Crippen LogP contribution in [0.1, 0.15) is 31.9 Å². The van der Waals surface area contributed by atoms with E-state index in [1.165, 1.54) is 10.3 Å². The van der Waals surface area contributed by atoms with Gasteiger partial charge in [0.05, 0.1) is 10.2 Å². The van der Waals surface area contributed by atoms with Crippen molar-refractivity contribution in [2.75, 3.05) is 20.6 Å². The zero-order valence-corrected chi connectivity index (χ0v) is 13.0. The minimum absolute atomic E-state index is 0.344. The number of thiophene rings is 1. The lowest BCUT2D eigenvalue weighted by Gasteiger charge is -2.21. The fourth-order valence-electron chi connectivity index (χ4n) is 2.16. The van der Waals surface area contributed by atoms with Crippen LogP contribution >= 0.6 is 11.3 Å². The monoisotopic (exact) mass is 277 g/mol. The predicted molar refractivity (Wildman–Crippen MR) is 83.8 cm³/mol. The van der Waals surface area contributed by atoms with Crippen LogP contribution in [0.4, 0.5) is 0 Å². The van der Waals surface area contributed by atoms with Crippen LogP contribution in [0, 0.1) is 0 Å². The smallest absolute Gasteiger partial charge is 0.0809 e. The Balaban J connectivity index is 1.96. The van der Waals surface area contributed by atoms with E-state index in [-0.39, 0.29) is 0 Å². The van der Waals surface area contributed by atoms with Crippen LogP contribution in [0.25, 0.3) is 10.2 Å². The molecule has 0 aliphatic rings. The normalized spacial score (nSPS) is 15.0. The van der Waals surface area contributed by atoms with E-state index in [1.807, 2.05) is 6.20 Å². The van der Waals surface area contributed by atoms with Crippen molar-refractivity contribution >= 4 is 21.6 Å². The van der Waals surface area contributed by atoms with Gasteiger partial charge in [-0.1, -0.05) is 0 Å². The van der Waals surface area contributed by atoms with Crippen LogP contribution in [0.2, 0.25) is 0 Å². The maximum absolute atomic E-state index is 4.51. The van der Waals surface area contributed by atoms with Gasteiger partial charge in [-0.15, -0.1) is 11.3 Å². The van der Waals surface area contributed by atoms with E-state index in [9.17, 15) is 0 Å². The van der Waals surface area contributed by atoms with E-state index in [2.05, 4.69) is 60.7 Å². The van der Waals surface area contributed by atoms with Crippen LogP contribution in [-0.2, 0) is 0 Å². The maximum Gasteiger partial charge on any atom is 0.0809 e. The molecule has 2 aromatic rings. The second kappa shape index (κ2) is 6.46. The first kappa shape index (κ1) is 14.4. The molecule has 0 aliphatic heterocycles. The standard InChI is InChI=1S/C15H23N3S/c1-11(5-7-18(3)4)17-12(2)13-9-15-14(16-10-13)6-8-19-15/h6,8-12,17H,5,7H2,1-4H3. The summed E-state index contributed by atoms with van der Waals surface area (Å²) < 4.78 is 1.27. The second-order valence-electron chi connectivity index (χ2n) is 5.45. The van der Waals surface area contributed by atoms with Gasteiger partial charge in [-0.05, 0) is 64.0 Å². The first-order chi connectivity index (χ1) is 9.06. The Morgan fingerprint density at radius 3 is 2.89 bits per heavy atom. The summed E-state index contributed by atoms with van der Waals surface area (Å²) in [6.45, 7) is 5.57. The average molecular weight is 277 g/mol. The molecule has 2 heterocycles. The van der Waals surface area contributed by atoms with Gasteiger partial charge in [0.15, 0.2) is 0 Å². The van der Waals surface area contributed by atoms with Crippen molar-refractivity contribution < 1.29 is 0 Å². The maximum atomic E-state index is 4.51. The molecule has 104 valence electrons. The lowest BCUT2D eigenvalue weighted by atomic mass is 10.1. The molecule has 1 N–H and O–H groups in total. The van der Waals surface area contributed by atoms with Crippen LogP contribution < -0.4 is 5.32 Å². The van der Waals surface area contributed by atoms with E-state index in [0.717, 1.165) is 18.5 Å². The third-order valence-electron chi connectivity index (χ3n) is 3.37. The molecule has 0 amide bonds. The van der Waals surface area contributed by atoms with Gasteiger partial charge in [-0.2, -0.15) is 0 Å². The molecule has 0 spiro atoms. The van der Waals surface area contributed by atoms with Crippen molar-refractivity contribution in [3.8, 4) is 0 Å². The molecule has 0 radical (unpaired) electrons. The summed E-state index contributed by atoms with van der Waals surface area (Å²) in [7, 11) is 4.23. The number of pyridine rings is 1. The predicted octanol–water partition coefficient (Wildman–Crippen LogP) is 3.29. The summed E-state index contributed by atoms with van der Waals surface area (Å²) in [5.74, 6) is 0. The highest BCUT2D eigenvalue weighted by atomic mass is 32.1. The molecular formula is C15H23N3S. The van der Waals surface area contributed by atoms with E-state index < -0.39 is 0 Å². The molecule has 2 rings (SSSR count). The Labute approximate surface area is 119 Å². The average Bonchev–Trinajstić information content (AvgIpc) is 2.83. The summed E-state index contributed by atoms with van der Waals surface area (Å²) in [6, 6.07) is 5.18. The van der Waals surface area contributed by atoms with E-state index in [1.54, 1.807) is 11.3 Å². The van der Waals surface area contributed by atoms with Crippen LogP contribution in [0.5, 0.6) is 0 Å². The molecule has 4 heteroatoms. The minimum Gasteiger partial charge on any atom is -0.309 e. The number of rotatable bonds is 6. The molecule has 0 saturated carbocycles. The third kappa shape index (κ3) is 4.00. The highest BCUT2D eigenvalue weighted by molar-refractivity contribution is 7.17. The molecule has 2 aromatic heterocycles. The number of hydrogen-bond acceptors (Lipinski definition) is 4. The molecule has 0 bridgehead atoms. The van der Waals surface area contributed by atoms with Gasteiger partial charge in [0.1, 0.15) is 0 Å². The van der Waals surface area contributed by atoms with Gasteiger partial charge in [-0.25, -0.2) is 0 Å². The molecular weight excluding hydrogens is 254 g/mol. The molecule has 0 fully saturated rings. The molecule has 19 heavy (non-hydrogen) atoms. The number of nitrogens with zero attached hydrogens (tertiary/aromatic N) is 2. The SMILES string of the molecule is CC(CCN(C)C)NC(C)c1cnc2ccsc2c1. The van der Waals surface area contributed by atoms with Crippen LogP contribution in [0.15, 0.2) is 23.7 Å². The number of fused-ring (bicyclic) bond motifs is 1. The van der Waals surface area contributed by atoms with Gasteiger partial charge in [0, 0.05) is 18.3 Å². The van der Waals surface area contributed by atoms with Gasteiger partial charge in [0.25, 0.3) is 0 Å². The van der Waals surface area contributed by atoms with Gasteiger partial charge >= 0.3 is 0 Å². The minimum atomic E-state index is 0.344. The third-order valence-corrected chi connectivity index (χ3v) is 4.22. The van der Waals surface area contributed by atoms with Crippen molar-refractivity contribution in [2.45, 2.75) is 32.4 Å². The number of aromatic nitrogens is 1. The van der Waals surface area contributed by atoms with Crippen LogP contribution in [0.3, 0.4) is 0 Å². The molecule has 3 nitrogen and oxygen atoms in total. The van der Waals surface area contributed by atoms with Gasteiger partial charge in [0.2, 0.25) is 0 Å². The van der Waals surface area contributed by atoms with E-state index >= 15 is 0 Å². The second-order valence-corrected chi connectivity index (χ2v) is 6.40. The number of nitrogens with one attached hydrogen (secondary N) is 1. The highest BCUT2D eigenvalue weighted by Crippen LogP contribution is 2.22. The Morgan fingerprint density at radius 2 is 2.16 bits per heavy atom. The Hall–Kier alpha value is -0.970. The summed E-state index contributed by atoms with van der Waals surface area (Å²) in [4.78, 5) is 6.73. The summed E-state index contributed by atoms with van der Waals surface area (Å²) >= 11 is 1.76. The van der Waals surface area contributed by atoms with Crippen molar-refractivity contribution in [3.63, 3.8) is 0 Å². The van der Waals surface area contributed by atoms with Crippen LogP contribution in [-0.4, -0.2) is 36.6 Å². The molecule has 2 unspecified atom stereocenters. The first-order valence-corrected chi connectivity index (χ1v) is 7.68. The molecule has 0 aromatic carbocycles. The Bertz CT molecular complexity index is 521. The molecule has 0 saturated heterocycles. The zero-order chi connectivity index (χ0) is 13.8. The lowest BCUT2D eigenvalue weighted by molar-refractivity contribution is 0.354.